The molecule has 138 valence electrons. The normalized spacial score (nSPS) is 31.4. The molecule has 1 heteroatoms. The average molecular weight is 340 g/mol. The third-order valence-electron chi connectivity index (χ3n) is 7.66. The summed E-state index contributed by atoms with van der Waals surface area (Å²) in [6, 6.07) is 10.3. The molecule has 1 saturated heterocycles. The van der Waals surface area contributed by atoms with E-state index in [4.69, 9.17) is 0 Å². The fourth-order valence-corrected chi connectivity index (χ4v) is 6.42. The number of rotatable bonds is 7. The molecule has 0 amide bonds. The second-order valence-corrected chi connectivity index (χ2v) is 8.99. The van der Waals surface area contributed by atoms with E-state index in [1.807, 2.05) is 0 Å². The molecule has 2 aliphatic carbocycles. The predicted molar refractivity (Wildman–Crippen MR) is 107 cm³/mol. The fourth-order valence-electron chi connectivity index (χ4n) is 6.42. The van der Waals surface area contributed by atoms with Gasteiger partial charge in [0.25, 0.3) is 0 Å². The van der Waals surface area contributed by atoms with E-state index in [0.29, 0.717) is 5.41 Å². The number of likely N-dealkylation sites (tertiary alicyclic amines) is 1. The Hall–Kier alpha value is -0.820. The first kappa shape index (κ1) is 17.6. The van der Waals surface area contributed by atoms with Gasteiger partial charge in [-0.1, -0.05) is 76.1 Å². The van der Waals surface area contributed by atoms with Crippen LogP contribution in [0.2, 0.25) is 0 Å². The summed E-state index contributed by atoms with van der Waals surface area (Å²) in [7, 11) is 0. The third-order valence-corrected chi connectivity index (χ3v) is 7.66. The van der Waals surface area contributed by atoms with E-state index < -0.39 is 0 Å². The lowest BCUT2D eigenvalue weighted by Gasteiger charge is -2.59. The lowest BCUT2D eigenvalue weighted by Crippen LogP contribution is -2.60. The molecular formula is C24H37N. The van der Waals surface area contributed by atoms with Gasteiger partial charge in [0.2, 0.25) is 0 Å². The minimum atomic E-state index is 0.537. The van der Waals surface area contributed by atoms with Crippen molar-refractivity contribution in [3.05, 3.63) is 35.4 Å². The van der Waals surface area contributed by atoms with E-state index in [0.717, 1.165) is 12.0 Å². The standard InChI is InChI=1S/C24H37N/c1-2-3-4-5-6-11-17-25-18-16-24-15-10-9-14-22(24)23(25)19-20-12-7-8-13-21(20)24/h7-8,12-13,22-23H,2-6,9-11,14-19H2,1H3/t22-,23+,24-/m0/s1. The minimum Gasteiger partial charge on any atom is -0.300 e. The van der Waals surface area contributed by atoms with Crippen LogP contribution in [0.1, 0.15) is 88.7 Å². The third kappa shape index (κ3) is 3.29. The molecule has 0 unspecified atom stereocenters. The lowest BCUT2D eigenvalue weighted by atomic mass is 9.52. The highest BCUT2D eigenvalue weighted by molar-refractivity contribution is 5.41. The second kappa shape index (κ2) is 7.82. The van der Waals surface area contributed by atoms with Crippen molar-refractivity contribution in [3.63, 3.8) is 0 Å². The number of hydrogen-bond acceptors (Lipinski definition) is 1. The van der Waals surface area contributed by atoms with Crippen LogP contribution >= 0.6 is 0 Å². The van der Waals surface area contributed by atoms with Crippen molar-refractivity contribution in [1.29, 1.82) is 0 Å². The Kier molecular flexibility index (Phi) is 5.50. The fraction of sp³-hybridized carbons (Fsp3) is 0.750. The average Bonchev–Trinajstić information content (AvgIpc) is 2.66. The quantitative estimate of drug-likeness (QED) is 0.542. The topological polar surface area (TPSA) is 3.24 Å². The molecule has 2 bridgehead atoms. The molecular weight excluding hydrogens is 302 g/mol. The zero-order chi connectivity index (χ0) is 17.1. The lowest BCUT2D eigenvalue weighted by molar-refractivity contribution is -0.0119. The van der Waals surface area contributed by atoms with Crippen LogP contribution < -0.4 is 0 Å². The predicted octanol–water partition coefficient (Wildman–Crippen LogP) is 6.11. The molecule has 25 heavy (non-hydrogen) atoms. The van der Waals surface area contributed by atoms with Crippen LogP contribution in [-0.2, 0) is 11.8 Å². The molecule has 1 heterocycles. The maximum absolute atomic E-state index is 2.91. The van der Waals surface area contributed by atoms with Crippen molar-refractivity contribution in [3.8, 4) is 0 Å². The van der Waals surface area contributed by atoms with Gasteiger partial charge < -0.3 is 0 Å². The first-order chi connectivity index (χ1) is 12.3. The molecule has 1 aromatic carbocycles. The van der Waals surface area contributed by atoms with Gasteiger partial charge in [-0.15, -0.1) is 0 Å². The summed E-state index contributed by atoms with van der Waals surface area (Å²) in [5.74, 6) is 0.935. The number of benzene rings is 1. The molecule has 2 fully saturated rings. The maximum Gasteiger partial charge on any atom is 0.0172 e. The number of nitrogens with zero attached hydrogens (tertiary/aromatic N) is 1. The Morgan fingerprint density at radius 2 is 1.84 bits per heavy atom. The van der Waals surface area contributed by atoms with Gasteiger partial charge in [-0.3, -0.25) is 4.90 Å². The van der Waals surface area contributed by atoms with Gasteiger partial charge in [0.05, 0.1) is 0 Å². The molecule has 3 aliphatic rings. The Balaban J connectivity index is 1.45. The largest absolute Gasteiger partial charge is 0.300 e. The minimum absolute atomic E-state index is 0.537. The summed E-state index contributed by atoms with van der Waals surface area (Å²) in [6.07, 6.45) is 17.1. The Bertz CT molecular complexity index is 565. The number of unbranched alkanes of at least 4 members (excludes halogenated alkanes) is 5. The molecule has 1 saturated carbocycles. The number of fused-ring (bicyclic) bond motifs is 1. The summed E-state index contributed by atoms with van der Waals surface area (Å²) in [6.45, 7) is 5.01. The van der Waals surface area contributed by atoms with E-state index in [1.165, 1.54) is 90.1 Å². The maximum atomic E-state index is 2.91. The first-order valence-electron chi connectivity index (χ1n) is 11.2. The highest BCUT2D eigenvalue weighted by Gasteiger charge is 2.53. The van der Waals surface area contributed by atoms with E-state index in [-0.39, 0.29) is 0 Å². The highest BCUT2D eigenvalue weighted by Crippen LogP contribution is 2.55. The van der Waals surface area contributed by atoms with Gasteiger partial charge in [-0.25, -0.2) is 0 Å². The molecule has 0 aromatic heterocycles. The summed E-state index contributed by atoms with van der Waals surface area (Å²) >= 11 is 0. The van der Waals surface area contributed by atoms with Crippen LogP contribution in [0, 0.1) is 5.92 Å². The molecule has 0 N–H and O–H groups in total. The van der Waals surface area contributed by atoms with Gasteiger partial charge >= 0.3 is 0 Å². The molecule has 1 aromatic rings. The van der Waals surface area contributed by atoms with E-state index in [2.05, 4.69) is 36.1 Å². The monoisotopic (exact) mass is 339 g/mol. The van der Waals surface area contributed by atoms with Gasteiger partial charge in [0, 0.05) is 11.5 Å². The van der Waals surface area contributed by atoms with Crippen molar-refractivity contribution < 1.29 is 0 Å². The van der Waals surface area contributed by atoms with Crippen LogP contribution in [0.5, 0.6) is 0 Å². The first-order valence-corrected chi connectivity index (χ1v) is 11.2. The molecule has 1 aliphatic heterocycles. The van der Waals surface area contributed by atoms with E-state index in [9.17, 15) is 0 Å². The zero-order valence-corrected chi connectivity index (χ0v) is 16.3. The highest BCUT2D eigenvalue weighted by atomic mass is 15.2. The zero-order valence-electron chi connectivity index (χ0n) is 16.3. The Labute approximate surface area is 155 Å². The van der Waals surface area contributed by atoms with Crippen LogP contribution in [0.25, 0.3) is 0 Å². The van der Waals surface area contributed by atoms with Crippen molar-refractivity contribution in [2.45, 2.75) is 95.4 Å². The smallest absolute Gasteiger partial charge is 0.0172 e. The van der Waals surface area contributed by atoms with Gasteiger partial charge in [0.15, 0.2) is 0 Å². The molecule has 4 rings (SSSR count). The van der Waals surface area contributed by atoms with Crippen LogP contribution in [0.3, 0.4) is 0 Å². The summed E-state index contributed by atoms with van der Waals surface area (Å²) in [4.78, 5) is 2.91. The molecule has 1 nitrogen and oxygen atoms in total. The van der Waals surface area contributed by atoms with Crippen molar-refractivity contribution >= 4 is 0 Å². The van der Waals surface area contributed by atoms with Crippen LogP contribution in [0.4, 0.5) is 0 Å². The summed E-state index contributed by atoms with van der Waals surface area (Å²) in [5.41, 5.74) is 3.96. The number of piperidine rings is 1. The molecule has 3 atom stereocenters. The van der Waals surface area contributed by atoms with Crippen LogP contribution in [-0.4, -0.2) is 24.0 Å². The van der Waals surface area contributed by atoms with Crippen molar-refractivity contribution in [2.75, 3.05) is 13.1 Å². The Morgan fingerprint density at radius 3 is 2.76 bits per heavy atom. The molecule has 0 radical (unpaired) electrons. The van der Waals surface area contributed by atoms with Gasteiger partial charge in [-0.05, 0) is 62.2 Å². The molecule has 0 spiro atoms. The Morgan fingerprint density at radius 1 is 1.00 bits per heavy atom. The van der Waals surface area contributed by atoms with Crippen molar-refractivity contribution in [2.24, 2.45) is 5.92 Å². The SMILES string of the molecule is CCCCCCCCN1CC[C@]23CCCC[C@H]2[C@H]1Cc1ccccc13. The van der Waals surface area contributed by atoms with Crippen LogP contribution in [0.15, 0.2) is 24.3 Å². The van der Waals surface area contributed by atoms with Gasteiger partial charge in [0.1, 0.15) is 0 Å². The second-order valence-electron chi connectivity index (χ2n) is 8.99. The number of hydrogen-bond donors (Lipinski definition) is 0. The van der Waals surface area contributed by atoms with E-state index in [1.54, 1.807) is 11.1 Å². The summed E-state index contributed by atoms with van der Waals surface area (Å²) in [5, 5.41) is 0. The van der Waals surface area contributed by atoms with E-state index >= 15 is 0 Å². The van der Waals surface area contributed by atoms with Crippen molar-refractivity contribution in [1.82, 2.24) is 4.90 Å². The summed E-state index contributed by atoms with van der Waals surface area (Å²) < 4.78 is 0. The van der Waals surface area contributed by atoms with Gasteiger partial charge in [-0.2, -0.15) is 0 Å².